The van der Waals surface area contributed by atoms with Crippen molar-refractivity contribution in [3.8, 4) is 0 Å². The number of furan rings is 1. The Morgan fingerprint density at radius 3 is 2.58 bits per heavy atom. The first-order chi connectivity index (χ1) is 8.93. The monoisotopic (exact) mass is 339 g/mol. The third kappa shape index (κ3) is 3.32. The van der Waals surface area contributed by atoms with E-state index in [0.29, 0.717) is 10.1 Å². The summed E-state index contributed by atoms with van der Waals surface area (Å²) in [5.41, 5.74) is 0. The van der Waals surface area contributed by atoms with Gasteiger partial charge in [0, 0.05) is 18.5 Å². The lowest BCUT2D eigenvalue weighted by atomic mass is 10.5. The molecular formula is C11H11Cl2NO3S2. The predicted octanol–water partition coefficient (Wildman–Crippen LogP) is 3.55. The molecule has 0 unspecified atom stereocenters. The molecule has 2 heterocycles. The normalized spacial score (nSPS) is 12.2. The van der Waals surface area contributed by atoms with E-state index in [1.165, 1.54) is 28.8 Å². The van der Waals surface area contributed by atoms with Crippen molar-refractivity contribution < 1.29 is 12.8 Å². The minimum atomic E-state index is -3.65. The van der Waals surface area contributed by atoms with E-state index in [9.17, 15) is 8.42 Å². The Hall–Kier alpha value is -0.530. The van der Waals surface area contributed by atoms with Crippen LogP contribution in [-0.2, 0) is 22.4 Å². The number of alkyl halides is 1. The molecule has 0 saturated carbocycles. The van der Waals surface area contributed by atoms with Crippen LogP contribution in [0.3, 0.4) is 0 Å². The highest BCUT2D eigenvalue weighted by molar-refractivity contribution is 7.88. The Morgan fingerprint density at radius 2 is 2.05 bits per heavy atom. The topological polar surface area (TPSA) is 50.5 Å². The summed E-state index contributed by atoms with van der Waals surface area (Å²) in [6, 6.07) is 6.49. The fourth-order valence-corrected chi connectivity index (χ4v) is 3.90. The van der Waals surface area contributed by atoms with E-state index >= 15 is 0 Å². The van der Waals surface area contributed by atoms with Gasteiger partial charge in [-0.3, -0.25) is 0 Å². The van der Waals surface area contributed by atoms with Crippen LogP contribution in [0.15, 0.2) is 33.8 Å². The van der Waals surface area contributed by atoms with Gasteiger partial charge in [0.05, 0.1) is 10.2 Å². The van der Waals surface area contributed by atoms with E-state index in [4.69, 9.17) is 27.6 Å². The number of hydrogen-bond acceptors (Lipinski definition) is 4. The number of sulfonamides is 1. The molecule has 2 aromatic rings. The first kappa shape index (κ1) is 14.9. The Bertz CT molecular complexity index is 663. The van der Waals surface area contributed by atoms with Gasteiger partial charge in [0.15, 0.2) is 0 Å². The van der Waals surface area contributed by atoms with Crippen molar-refractivity contribution in [1.82, 2.24) is 4.31 Å². The van der Waals surface area contributed by atoms with E-state index in [1.54, 1.807) is 18.2 Å². The summed E-state index contributed by atoms with van der Waals surface area (Å²) in [7, 11) is -2.15. The van der Waals surface area contributed by atoms with Crippen molar-refractivity contribution >= 4 is 44.6 Å². The van der Waals surface area contributed by atoms with Crippen LogP contribution in [0.1, 0.15) is 10.6 Å². The molecule has 0 radical (unpaired) electrons. The minimum Gasteiger partial charge on any atom is -0.447 e. The molecule has 0 fully saturated rings. The van der Waals surface area contributed by atoms with Crippen molar-refractivity contribution in [2.24, 2.45) is 0 Å². The summed E-state index contributed by atoms with van der Waals surface area (Å²) in [6.07, 6.45) is 0. The van der Waals surface area contributed by atoms with Gasteiger partial charge >= 0.3 is 0 Å². The SMILES string of the molecule is CN(Cc1ccc(Cl)s1)S(=O)(=O)c1ccc(CCl)o1. The Kier molecular flexibility index (Phi) is 4.58. The molecule has 0 aliphatic heterocycles. The molecule has 8 heteroatoms. The third-order valence-corrected chi connectivity index (χ3v) is 5.60. The van der Waals surface area contributed by atoms with Crippen LogP contribution in [0.5, 0.6) is 0 Å². The zero-order valence-electron chi connectivity index (χ0n) is 9.97. The molecule has 0 N–H and O–H groups in total. The van der Waals surface area contributed by atoms with E-state index < -0.39 is 10.0 Å². The summed E-state index contributed by atoms with van der Waals surface area (Å²) >= 11 is 12.7. The molecule has 0 aliphatic carbocycles. The third-order valence-electron chi connectivity index (χ3n) is 2.44. The maximum absolute atomic E-state index is 12.2. The van der Waals surface area contributed by atoms with E-state index in [0.717, 1.165) is 4.88 Å². The van der Waals surface area contributed by atoms with Gasteiger partial charge in [0.1, 0.15) is 5.76 Å². The van der Waals surface area contributed by atoms with Crippen LogP contribution in [0.4, 0.5) is 0 Å². The van der Waals surface area contributed by atoms with E-state index in [2.05, 4.69) is 0 Å². The smallest absolute Gasteiger partial charge is 0.276 e. The quantitative estimate of drug-likeness (QED) is 0.782. The van der Waals surface area contributed by atoms with Crippen molar-refractivity contribution in [1.29, 1.82) is 0 Å². The minimum absolute atomic E-state index is 0.103. The summed E-state index contributed by atoms with van der Waals surface area (Å²) in [4.78, 5) is 0.861. The van der Waals surface area contributed by atoms with Gasteiger partial charge < -0.3 is 4.42 Å². The van der Waals surface area contributed by atoms with Crippen LogP contribution in [-0.4, -0.2) is 19.8 Å². The van der Waals surface area contributed by atoms with Crippen molar-refractivity contribution in [2.75, 3.05) is 7.05 Å². The molecule has 19 heavy (non-hydrogen) atoms. The van der Waals surface area contributed by atoms with Crippen LogP contribution in [0.2, 0.25) is 4.34 Å². The summed E-state index contributed by atoms with van der Waals surface area (Å²) in [6.45, 7) is 0.247. The maximum atomic E-state index is 12.2. The number of halogens is 2. The molecule has 0 aromatic carbocycles. The number of hydrogen-bond donors (Lipinski definition) is 0. The number of thiophene rings is 1. The van der Waals surface area contributed by atoms with E-state index in [1.807, 2.05) is 0 Å². The molecule has 0 aliphatic rings. The molecule has 2 rings (SSSR count). The summed E-state index contributed by atoms with van der Waals surface area (Å²) in [5, 5.41) is -0.103. The second-order valence-corrected chi connectivity index (χ2v) is 7.86. The number of nitrogens with zero attached hydrogens (tertiary/aromatic N) is 1. The highest BCUT2D eigenvalue weighted by atomic mass is 35.5. The Balaban J connectivity index is 2.19. The molecule has 0 bridgehead atoms. The van der Waals surface area contributed by atoms with Gasteiger partial charge in [-0.05, 0) is 24.3 Å². The number of rotatable bonds is 5. The van der Waals surface area contributed by atoms with Crippen LogP contribution in [0.25, 0.3) is 0 Å². The lowest BCUT2D eigenvalue weighted by Gasteiger charge is -2.14. The molecule has 0 spiro atoms. The van der Waals surface area contributed by atoms with Crippen LogP contribution >= 0.6 is 34.5 Å². The zero-order valence-corrected chi connectivity index (χ0v) is 13.1. The van der Waals surface area contributed by atoms with Gasteiger partial charge in [0.25, 0.3) is 10.0 Å². The lowest BCUT2D eigenvalue weighted by Crippen LogP contribution is -2.25. The fraction of sp³-hybridized carbons (Fsp3) is 0.273. The van der Waals surface area contributed by atoms with E-state index in [-0.39, 0.29) is 17.5 Å². The van der Waals surface area contributed by atoms with Crippen molar-refractivity contribution in [3.05, 3.63) is 39.2 Å². The standard InChI is InChI=1S/C11H11Cl2NO3S2/c1-14(7-9-3-4-10(13)18-9)19(15,16)11-5-2-8(6-12)17-11/h2-5H,6-7H2,1H3. The zero-order chi connectivity index (χ0) is 14.0. The molecule has 104 valence electrons. The summed E-state index contributed by atoms with van der Waals surface area (Å²) < 4.78 is 31.5. The average Bonchev–Trinajstić information content (AvgIpc) is 2.98. The van der Waals surface area contributed by atoms with Gasteiger partial charge in [-0.2, -0.15) is 4.31 Å². The molecule has 0 saturated heterocycles. The van der Waals surface area contributed by atoms with Gasteiger partial charge in [-0.15, -0.1) is 22.9 Å². The molecule has 2 aromatic heterocycles. The molecule has 0 atom stereocenters. The predicted molar refractivity (Wildman–Crippen MR) is 76.2 cm³/mol. The van der Waals surface area contributed by atoms with Gasteiger partial charge in [-0.25, -0.2) is 8.42 Å². The highest BCUT2D eigenvalue weighted by Gasteiger charge is 2.25. The van der Waals surface area contributed by atoms with Gasteiger partial charge in [-0.1, -0.05) is 11.6 Å². The van der Waals surface area contributed by atoms with Crippen LogP contribution in [0, 0.1) is 0 Å². The Morgan fingerprint density at radius 1 is 1.32 bits per heavy atom. The first-order valence-electron chi connectivity index (χ1n) is 5.28. The first-order valence-corrected chi connectivity index (χ1v) is 8.45. The second kappa shape index (κ2) is 5.85. The lowest BCUT2D eigenvalue weighted by molar-refractivity contribution is 0.394. The second-order valence-electron chi connectivity index (χ2n) is 3.82. The fourth-order valence-electron chi connectivity index (χ4n) is 1.46. The summed E-state index contributed by atoms with van der Waals surface area (Å²) in [5.74, 6) is 0.563. The maximum Gasteiger partial charge on any atom is 0.276 e. The van der Waals surface area contributed by atoms with Crippen molar-refractivity contribution in [3.63, 3.8) is 0 Å². The highest BCUT2D eigenvalue weighted by Crippen LogP contribution is 2.25. The largest absolute Gasteiger partial charge is 0.447 e. The van der Waals surface area contributed by atoms with Crippen molar-refractivity contribution in [2.45, 2.75) is 17.5 Å². The molecular weight excluding hydrogens is 329 g/mol. The molecule has 0 amide bonds. The Labute approximate surface area is 125 Å². The van der Waals surface area contributed by atoms with Gasteiger partial charge in [0.2, 0.25) is 5.09 Å². The average molecular weight is 340 g/mol. The van der Waals surface area contributed by atoms with Crippen LogP contribution < -0.4 is 0 Å². The molecule has 4 nitrogen and oxygen atoms in total.